The predicted octanol–water partition coefficient (Wildman–Crippen LogP) is 2.72. The minimum absolute atomic E-state index is 0.534. The summed E-state index contributed by atoms with van der Waals surface area (Å²) >= 11 is 11.8. The SMILES string of the molecule is Cn1c(-c2ccn[nH]2)cc(Cl)c1Cl. The quantitative estimate of drug-likeness (QED) is 0.781. The Bertz CT molecular complexity index is 417. The fourth-order valence-corrected chi connectivity index (χ4v) is 1.58. The third-order valence-corrected chi connectivity index (χ3v) is 2.74. The van der Waals surface area contributed by atoms with Gasteiger partial charge in [-0.2, -0.15) is 5.10 Å². The van der Waals surface area contributed by atoms with Crippen LogP contribution < -0.4 is 0 Å². The summed E-state index contributed by atoms with van der Waals surface area (Å²) in [7, 11) is 1.85. The van der Waals surface area contributed by atoms with E-state index in [4.69, 9.17) is 23.2 Å². The van der Waals surface area contributed by atoms with Gasteiger partial charge in [-0.25, -0.2) is 0 Å². The van der Waals surface area contributed by atoms with Crippen LogP contribution in [0.4, 0.5) is 0 Å². The largest absolute Gasteiger partial charge is 0.332 e. The molecule has 0 aliphatic heterocycles. The van der Waals surface area contributed by atoms with E-state index < -0.39 is 0 Å². The van der Waals surface area contributed by atoms with Gasteiger partial charge in [-0.1, -0.05) is 23.2 Å². The summed E-state index contributed by atoms with van der Waals surface area (Å²) in [6.07, 6.45) is 1.68. The summed E-state index contributed by atoms with van der Waals surface area (Å²) < 4.78 is 1.80. The molecule has 0 saturated carbocycles. The van der Waals surface area contributed by atoms with Crippen LogP contribution in [0.2, 0.25) is 10.2 Å². The predicted molar refractivity (Wildman–Crippen MR) is 53.0 cm³/mol. The number of nitrogens with zero attached hydrogens (tertiary/aromatic N) is 2. The molecule has 5 heteroatoms. The maximum Gasteiger partial charge on any atom is 0.128 e. The maximum atomic E-state index is 5.91. The monoisotopic (exact) mass is 215 g/mol. The van der Waals surface area contributed by atoms with Crippen molar-refractivity contribution in [2.75, 3.05) is 0 Å². The highest BCUT2D eigenvalue weighted by Gasteiger charge is 2.10. The number of rotatable bonds is 1. The van der Waals surface area contributed by atoms with Crippen molar-refractivity contribution in [3.05, 3.63) is 28.5 Å². The molecular formula is C8H7Cl2N3. The van der Waals surface area contributed by atoms with Gasteiger partial charge in [0.2, 0.25) is 0 Å². The molecule has 0 atom stereocenters. The summed E-state index contributed by atoms with van der Waals surface area (Å²) in [5.41, 5.74) is 1.82. The van der Waals surface area contributed by atoms with Gasteiger partial charge >= 0.3 is 0 Å². The average molecular weight is 216 g/mol. The van der Waals surface area contributed by atoms with Gasteiger partial charge in [0.05, 0.1) is 16.4 Å². The van der Waals surface area contributed by atoms with Crippen LogP contribution in [0.15, 0.2) is 18.3 Å². The fraction of sp³-hybridized carbons (Fsp3) is 0.125. The second kappa shape index (κ2) is 3.09. The van der Waals surface area contributed by atoms with Gasteiger partial charge in [0.1, 0.15) is 5.15 Å². The molecule has 0 fully saturated rings. The van der Waals surface area contributed by atoms with Crippen LogP contribution in [0.25, 0.3) is 11.4 Å². The highest BCUT2D eigenvalue weighted by atomic mass is 35.5. The molecular weight excluding hydrogens is 209 g/mol. The Balaban J connectivity index is 2.59. The molecule has 0 aromatic carbocycles. The minimum Gasteiger partial charge on any atom is -0.332 e. The van der Waals surface area contributed by atoms with Crippen LogP contribution >= 0.6 is 23.2 Å². The molecule has 2 heterocycles. The van der Waals surface area contributed by atoms with Crippen LogP contribution in [-0.2, 0) is 7.05 Å². The lowest BCUT2D eigenvalue weighted by atomic mass is 10.3. The van der Waals surface area contributed by atoms with Crippen LogP contribution in [0.3, 0.4) is 0 Å². The Morgan fingerprint density at radius 1 is 1.46 bits per heavy atom. The van der Waals surface area contributed by atoms with Crippen molar-refractivity contribution < 1.29 is 0 Å². The van der Waals surface area contributed by atoms with E-state index in [0.29, 0.717) is 10.2 Å². The van der Waals surface area contributed by atoms with E-state index in [1.807, 2.05) is 13.1 Å². The molecule has 0 aliphatic carbocycles. The van der Waals surface area contributed by atoms with E-state index >= 15 is 0 Å². The Kier molecular flexibility index (Phi) is 2.06. The summed E-state index contributed by atoms with van der Waals surface area (Å²) in [6, 6.07) is 3.67. The van der Waals surface area contributed by atoms with Crippen molar-refractivity contribution in [3.8, 4) is 11.4 Å². The van der Waals surface area contributed by atoms with Crippen molar-refractivity contribution in [2.45, 2.75) is 0 Å². The number of hydrogen-bond acceptors (Lipinski definition) is 1. The van der Waals surface area contributed by atoms with Crippen molar-refractivity contribution in [1.82, 2.24) is 14.8 Å². The van der Waals surface area contributed by atoms with E-state index in [0.717, 1.165) is 11.4 Å². The number of halogens is 2. The molecule has 0 aliphatic rings. The molecule has 0 radical (unpaired) electrons. The smallest absolute Gasteiger partial charge is 0.128 e. The van der Waals surface area contributed by atoms with E-state index in [1.54, 1.807) is 16.8 Å². The van der Waals surface area contributed by atoms with Gasteiger partial charge in [0, 0.05) is 13.2 Å². The molecule has 0 spiro atoms. The summed E-state index contributed by atoms with van der Waals surface area (Å²) in [6.45, 7) is 0. The van der Waals surface area contributed by atoms with Gasteiger partial charge in [0.15, 0.2) is 0 Å². The summed E-state index contributed by atoms with van der Waals surface area (Å²) in [5, 5.41) is 7.78. The molecule has 2 aromatic heterocycles. The van der Waals surface area contributed by atoms with Crippen molar-refractivity contribution in [1.29, 1.82) is 0 Å². The molecule has 68 valence electrons. The lowest BCUT2D eigenvalue weighted by Crippen LogP contribution is -1.91. The third-order valence-electron chi connectivity index (χ3n) is 1.89. The maximum absolute atomic E-state index is 5.91. The van der Waals surface area contributed by atoms with E-state index in [2.05, 4.69) is 10.2 Å². The zero-order valence-electron chi connectivity index (χ0n) is 6.88. The zero-order valence-corrected chi connectivity index (χ0v) is 8.39. The van der Waals surface area contributed by atoms with Gasteiger partial charge in [-0.3, -0.25) is 5.10 Å². The first-order chi connectivity index (χ1) is 6.20. The van der Waals surface area contributed by atoms with Gasteiger partial charge in [-0.15, -0.1) is 0 Å². The number of aromatic amines is 1. The molecule has 0 unspecified atom stereocenters. The first-order valence-corrected chi connectivity index (χ1v) is 4.46. The lowest BCUT2D eigenvalue weighted by Gasteiger charge is -1.99. The first-order valence-electron chi connectivity index (χ1n) is 3.70. The first kappa shape index (κ1) is 8.66. The number of aromatic nitrogens is 3. The minimum atomic E-state index is 0.534. The number of hydrogen-bond donors (Lipinski definition) is 1. The highest BCUT2D eigenvalue weighted by Crippen LogP contribution is 2.30. The second-order valence-electron chi connectivity index (χ2n) is 2.70. The molecule has 0 amide bonds. The van der Waals surface area contributed by atoms with E-state index in [-0.39, 0.29) is 0 Å². The normalized spacial score (nSPS) is 10.7. The van der Waals surface area contributed by atoms with Crippen LogP contribution in [-0.4, -0.2) is 14.8 Å². The molecule has 0 bridgehead atoms. The Hall–Kier alpha value is -0.930. The van der Waals surface area contributed by atoms with Crippen LogP contribution in [0, 0.1) is 0 Å². The summed E-state index contributed by atoms with van der Waals surface area (Å²) in [5.74, 6) is 0. The third kappa shape index (κ3) is 1.34. The number of H-pyrrole nitrogens is 1. The average Bonchev–Trinajstić information content (AvgIpc) is 2.70. The number of nitrogens with one attached hydrogen (secondary N) is 1. The summed E-state index contributed by atoms with van der Waals surface area (Å²) in [4.78, 5) is 0. The molecule has 13 heavy (non-hydrogen) atoms. The fourth-order valence-electron chi connectivity index (χ4n) is 1.20. The molecule has 2 rings (SSSR count). The standard InChI is InChI=1S/C8H7Cl2N3/c1-13-7(4-5(9)8(13)10)6-2-3-11-12-6/h2-4H,1H3,(H,11,12). The highest BCUT2D eigenvalue weighted by molar-refractivity contribution is 6.41. The van der Waals surface area contributed by atoms with Gasteiger partial charge in [-0.05, 0) is 12.1 Å². The Morgan fingerprint density at radius 3 is 2.69 bits per heavy atom. The van der Waals surface area contributed by atoms with E-state index in [9.17, 15) is 0 Å². The lowest BCUT2D eigenvalue weighted by molar-refractivity contribution is 0.927. The second-order valence-corrected chi connectivity index (χ2v) is 3.46. The van der Waals surface area contributed by atoms with Crippen molar-refractivity contribution >= 4 is 23.2 Å². The van der Waals surface area contributed by atoms with Crippen LogP contribution in [0.1, 0.15) is 0 Å². The van der Waals surface area contributed by atoms with Crippen LogP contribution in [0.5, 0.6) is 0 Å². The molecule has 3 nitrogen and oxygen atoms in total. The van der Waals surface area contributed by atoms with Crippen molar-refractivity contribution in [2.24, 2.45) is 7.05 Å². The van der Waals surface area contributed by atoms with Gasteiger partial charge in [0.25, 0.3) is 0 Å². The molecule has 1 N–H and O–H groups in total. The van der Waals surface area contributed by atoms with Gasteiger partial charge < -0.3 is 4.57 Å². The molecule has 0 saturated heterocycles. The topological polar surface area (TPSA) is 33.6 Å². The van der Waals surface area contributed by atoms with E-state index in [1.165, 1.54) is 0 Å². The zero-order chi connectivity index (χ0) is 9.42. The molecule has 2 aromatic rings. The Morgan fingerprint density at radius 2 is 2.23 bits per heavy atom. The Labute approximate surface area is 85.3 Å². The van der Waals surface area contributed by atoms with Crippen molar-refractivity contribution in [3.63, 3.8) is 0 Å².